The van der Waals surface area contributed by atoms with Crippen molar-refractivity contribution >= 4 is 5.57 Å². The Hall–Kier alpha value is -2.30. The van der Waals surface area contributed by atoms with E-state index in [-0.39, 0.29) is 0 Å². The molecule has 0 aliphatic carbocycles. The maximum absolute atomic E-state index is 3.98. The average molecular weight is 360 g/mol. The van der Waals surface area contributed by atoms with E-state index >= 15 is 0 Å². The molecule has 1 nitrogen and oxygen atoms in total. The lowest BCUT2D eigenvalue weighted by Gasteiger charge is -2.22. The Morgan fingerprint density at radius 3 is 2.19 bits per heavy atom. The van der Waals surface area contributed by atoms with Crippen molar-refractivity contribution in [2.24, 2.45) is 0 Å². The average Bonchev–Trinajstić information content (AvgIpc) is 2.66. The largest absolute Gasteiger partial charge is 0.299 e. The summed E-state index contributed by atoms with van der Waals surface area (Å²) in [5, 5.41) is 0. The highest BCUT2D eigenvalue weighted by Crippen LogP contribution is 2.15. The third-order valence-corrected chi connectivity index (χ3v) is 4.83. The zero-order valence-electron chi connectivity index (χ0n) is 17.4. The molecule has 0 spiro atoms. The van der Waals surface area contributed by atoms with E-state index in [4.69, 9.17) is 0 Å². The third kappa shape index (κ3) is 6.74. The lowest BCUT2D eigenvalue weighted by atomic mass is 10.0. The van der Waals surface area contributed by atoms with Gasteiger partial charge in [0.05, 0.1) is 0 Å². The van der Waals surface area contributed by atoms with E-state index in [1.807, 2.05) is 6.92 Å². The van der Waals surface area contributed by atoms with Crippen LogP contribution in [0.3, 0.4) is 0 Å². The Balaban J connectivity index is 2.08. The predicted octanol–water partition coefficient (Wildman–Crippen LogP) is 6.44. The number of unbranched alkanes of at least 4 members (excludes halogenated alkanes) is 1. The molecule has 142 valence electrons. The molecule has 0 fully saturated rings. The maximum atomic E-state index is 3.98. The summed E-state index contributed by atoms with van der Waals surface area (Å²) in [5.41, 5.74) is 7.11. The van der Waals surface area contributed by atoms with E-state index in [1.54, 1.807) is 0 Å². The second-order valence-electron chi connectivity index (χ2n) is 7.38. The molecule has 0 radical (unpaired) electrons. The Morgan fingerprint density at radius 2 is 1.59 bits per heavy atom. The smallest absolute Gasteiger partial charge is 0.0251 e. The van der Waals surface area contributed by atoms with E-state index in [0.717, 1.165) is 23.2 Å². The van der Waals surface area contributed by atoms with Gasteiger partial charge in [-0.3, -0.25) is 4.90 Å². The molecule has 27 heavy (non-hydrogen) atoms. The number of allylic oxidation sites excluding steroid dienone is 1. The second-order valence-corrected chi connectivity index (χ2v) is 7.38. The van der Waals surface area contributed by atoms with Crippen LogP contribution in [-0.2, 0) is 6.54 Å². The molecule has 0 unspecified atom stereocenters. The zero-order chi connectivity index (χ0) is 19.6. The fraction of sp³-hybridized carbons (Fsp3) is 0.385. The van der Waals surface area contributed by atoms with Gasteiger partial charge in [-0.1, -0.05) is 62.5 Å². The predicted molar refractivity (Wildman–Crippen MR) is 119 cm³/mol. The highest BCUT2D eigenvalue weighted by atomic mass is 15.1. The van der Waals surface area contributed by atoms with E-state index in [2.05, 4.69) is 86.6 Å². The van der Waals surface area contributed by atoms with E-state index in [1.165, 1.54) is 49.0 Å². The van der Waals surface area contributed by atoms with Crippen molar-refractivity contribution in [2.45, 2.75) is 53.5 Å². The fourth-order valence-electron chi connectivity index (χ4n) is 3.14. The molecule has 2 aromatic rings. The lowest BCUT2D eigenvalue weighted by molar-refractivity contribution is 0.261. The topological polar surface area (TPSA) is 3.24 Å². The number of rotatable bonds is 8. The summed E-state index contributed by atoms with van der Waals surface area (Å²) in [4.78, 5) is 2.57. The van der Waals surface area contributed by atoms with Crippen molar-refractivity contribution in [3.05, 3.63) is 76.9 Å². The normalized spacial score (nSPS) is 10.6. The Labute approximate surface area is 166 Å². The van der Waals surface area contributed by atoms with Crippen molar-refractivity contribution in [3.63, 3.8) is 0 Å². The number of hydrogen-bond acceptors (Lipinski definition) is 1. The summed E-state index contributed by atoms with van der Waals surface area (Å²) in [6.45, 7) is 16.1. The number of nitrogens with zero attached hydrogens (tertiary/aromatic N) is 1. The van der Waals surface area contributed by atoms with Crippen LogP contribution in [0.25, 0.3) is 5.57 Å². The van der Waals surface area contributed by atoms with Crippen molar-refractivity contribution in [2.75, 3.05) is 13.1 Å². The molecular weight excluding hydrogens is 326 g/mol. The van der Waals surface area contributed by atoms with Crippen molar-refractivity contribution in [1.29, 1.82) is 0 Å². The zero-order valence-corrected chi connectivity index (χ0v) is 17.4. The van der Waals surface area contributed by atoms with Gasteiger partial charge in [0.2, 0.25) is 0 Å². The number of benzene rings is 2. The molecule has 0 aliphatic heterocycles. The van der Waals surface area contributed by atoms with Crippen molar-refractivity contribution in [3.8, 4) is 11.8 Å². The molecular formula is C26H33N. The van der Waals surface area contributed by atoms with Gasteiger partial charge in [0.25, 0.3) is 0 Å². The molecule has 0 aliphatic rings. The van der Waals surface area contributed by atoms with Crippen molar-refractivity contribution < 1.29 is 0 Å². The lowest BCUT2D eigenvalue weighted by Crippen LogP contribution is -2.25. The minimum Gasteiger partial charge on any atom is -0.299 e. The van der Waals surface area contributed by atoms with Gasteiger partial charge in [0.1, 0.15) is 0 Å². The Morgan fingerprint density at radius 1 is 0.926 bits per heavy atom. The van der Waals surface area contributed by atoms with Crippen LogP contribution >= 0.6 is 0 Å². The Kier molecular flexibility index (Phi) is 8.37. The molecule has 2 aromatic carbocycles. The first kappa shape index (κ1) is 21.0. The van der Waals surface area contributed by atoms with Crippen LogP contribution in [0.1, 0.15) is 67.9 Å². The molecule has 0 heterocycles. The number of aryl methyl sites for hydroxylation is 1. The summed E-state index contributed by atoms with van der Waals surface area (Å²) in [7, 11) is 0. The van der Waals surface area contributed by atoms with Gasteiger partial charge >= 0.3 is 0 Å². The SMILES string of the molecule is C=C(C)c1ccc(C#Cc2ccc(CN(CCC)CCCC)c(C)c2)cc1. The first-order valence-electron chi connectivity index (χ1n) is 10.1. The van der Waals surface area contributed by atoms with Gasteiger partial charge in [-0.05, 0) is 80.7 Å². The van der Waals surface area contributed by atoms with Gasteiger partial charge in [0.15, 0.2) is 0 Å². The van der Waals surface area contributed by atoms with Crippen LogP contribution in [0, 0.1) is 18.8 Å². The minimum atomic E-state index is 1.04. The summed E-state index contributed by atoms with van der Waals surface area (Å²) in [5.74, 6) is 6.58. The summed E-state index contributed by atoms with van der Waals surface area (Å²) >= 11 is 0. The first-order chi connectivity index (χ1) is 13.0. The molecule has 0 bridgehead atoms. The van der Waals surface area contributed by atoms with Crippen LogP contribution < -0.4 is 0 Å². The molecule has 0 saturated heterocycles. The van der Waals surface area contributed by atoms with Gasteiger partial charge < -0.3 is 0 Å². The Bertz CT molecular complexity index is 802. The van der Waals surface area contributed by atoms with Crippen LogP contribution in [0.4, 0.5) is 0 Å². The summed E-state index contributed by atoms with van der Waals surface area (Å²) < 4.78 is 0. The standard InChI is InChI=1S/C26H33N/c1-6-8-18-27(17-7-2)20-26-16-13-24(19-22(26)5)10-9-23-11-14-25(15-12-23)21(3)4/h11-16,19H,3,6-8,17-18,20H2,1-2,4-5H3. The van der Waals surface area contributed by atoms with Crippen LogP contribution in [0.15, 0.2) is 49.0 Å². The van der Waals surface area contributed by atoms with E-state index in [0.29, 0.717) is 0 Å². The van der Waals surface area contributed by atoms with Gasteiger partial charge in [-0.2, -0.15) is 0 Å². The molecule has 0 saturated carbocycles. The second kappa shape index (κ2) is 10.8. The van der Waals surface area contributed by atoms with E-state index in [9.17, 15) is 0 Å². The van der Waals surface area contributed by atoms with Gasteiger partial charge in [0, 0.05) is 17.7 Å². The summed E-state index contributed by atoms with van der Waals surface area (Å²) in [6, 6.07) is 14.9. The third-order valence-electron chi connectivity index (χ3n) is 4.83. The minimum absolute atomic E-state index is 1.04. The van der Waals surface area contributed by atoms with Gasteiger partial charge in [-0.25, -0.2) is 0 Å². The quantitative estimate of drug-likeness (QED) is 0.490. The molecule has 0 aromatic heterocycles. The van der Waals surface area contributed by atoms with Crippen LogP contribution in [0.2, 0.25) is 0 Å². The van der Waals surface area contributed by atoms with Crippen LogP contribution in [0.5, 0.6) is 0 Å². The molecule has 1 heteroatoms. The summed E-state index contributed by atoms with van der Waals surface area (Å²) in [6.07, 6.45) is 3.73. The highest BCUT2D eigenvalue weighted by molar-refractivity contribution is 5.62. The highest BCUT2D eigenvalue weighted by Gasteiger charge is 2.07. The first-order valence-corrected chi connectivity index (χ1v) is 10.1. The molecule has 0 amide bonds. The van der Waals surface area contributed by atoms with Gasteiger partial charge in [-0.15, -0.1) is 0 Å². The van der Waals surface area contributed by atoms with Crippen LogP contribution in [-0.4, -0.2) is 18.0 Å². The van der Waals surface area contributed by atoms with Crippen molar-refractivity contribution in [1.82, 2.24) is 4.90 Å². The molecule has 0 N–H and O–H groups in total. The van der Waals surface area contributed by atoms with E-state index < -0.39 is 0 Å². The molecule has 2 rings (SSSR count). The monoisotopic (exact) mass is 359 g/mol. The molecule has 0 atom stereocenters. The fourth-order valence-corrected chi connectivity index (χ4v) is 3.14. The maximum Gasteiger partial charge on any atom is 0.0251 e. The number of hydrogen-bond donors (Lipinski definition) is 0.